The maximum atomic E-state index is 13.3. The molecule has 9 heteroatoms. The number of benzene rings is 3. The summed E-state index contributed by atoms with van der Waals surface area (Å²) in [4.78, 5) is 12.8. The van der Waals surface area contributed by atoms with Gasteiger partial charge in [-0.3, -0.25) is 4.79 Å². The Bertz CT molecular complexity index is 1200. The number of fused-ring (bicyclic) bond motifs is 1. The predicted molar refractivity (Wildman–Crippen MR) is 120 cm³/mol. The lowest BCUT2D eigenvalue weighted by Gasteiger charge is -2.22. The van der Waals surface area contributed by atoms with Gasteiger partial charge in [-0.2, -0.15) is 4.31 Å². The van der Waals surface area contributed by atoms with Crippen LogP contribution in [0.3, 0.4) is 0 Å². The molecule has 3 aromatic rings. The molecule has 0 unspecified atom stereocenters. The fourth-order valence-corrected chi connectivity index (χ4v) is 4.75. The molecule has 0 radical (unpaired) electrons. The third-order valence-corrected chi connectivity index (χ3v) is 6.96. The number of hydrogen-bond acceptors (Lipinski definition) is 5. The monoisotopic (exact) mass is 472 g/mol. The van der Waals surface area contributed by atoms with E-state index in [0.717, 1.165) is 15.4 Å². The van der Waals surface area contributed by atoms with E-state index in [2.05, 4.69) is 5.32 Å². The quantitative estimate of drug-likeness (QED) is 0.541. The highest BCUT2D eigenvalue weighted by molar-refractivity contribution is 7.89. The van der Waals surface area contributed by atoms with E-state index in [0.29, 0.717) is 16.5 Å². The SMILES string of the molecule is O=C(CN(Cc1ccccc1)S(=O)(=O)c1ccc(Cl)cc1)NCc1ccc2c(c1)OCO2. The van der Waals surface area contributed by atoms with Crippen molar-refractivity contribution in [1.82, 2.24) is 9.62 Å². The Balaban J connectivity index is 1.49. The second-order valence-electron chi connectivity index (χ2n) is 7.18. The van der Waals surface area contributed by atoms with Crippen molar-refractivity contribution in [3.8, 4) is 11.5 Å². The number of hydrogen-bond donors (Lipinski definition) is 1. The van der Waals surface area contributed by atoms with Crippen LogP contribution in [0.1, 0.15) is 11.1 Å². The van der Waals surface area contributed by atoms with E-state index >= 15 is 0 Å². The first-order chi connectivity index (χ1) is 15.4. The second-order valence-corrected chi connectivity index (χ2v) is 9.55. The summed E-state index contributed by atoms with van der Waals surface area (Å²) < 4.78 is 38.3. The molecule has 7 nitrogen and oxygen atoms in total. The lowest BCUT2D eigenvalue weighted by atomic mass is 10.2. The molecule has 0 fully saturated rings. The highest BCUT2D eigenvalue weighted by atomic mass is 35.5. The number of carbonyl (C=O) groups excluding carboxylic acids is 1. The minimum atomic E-state index is -3.92. The van der Waals surface area contributed by atoms with Gasteiger partial charge < -0.3 is 14.8 Å². The van der Waals surface area contributed by atoms with Crippen molar-refractivity contribution in [3.63, 3.8) is 0 Å². The fourth-order valence-electron chi connectivity index (χ4n) is 3.24. The third kappa shape index (κ3) is 5.21. The number of ether oxygens (including phenoxy) is 2. The fraction of sp³-hybridized carbons (Fsp3) is 0.174. The van der Waals surface area contributed by atoms with E-state index in [1.165, 1.54) is 24.3 Å². The van der Waals surface area contributed by atoms with Crippen LogP contribution in [0.2, 0.25) is 5.02 Å². The largest absolute Gasteiger partial charge is 0.454 e. The molecular weight excluding hydrogens is 452 g/mol. The maximum absolute atomic E-state index is 13.3. The molecule has 166 valence electrons. The zero-order valence-electron chi connectivity index (χ0n) is 17.0. The van der Waals surface area contributed by atoms with Crippen molar-refractivity contribution in [2.24, 2.45) is 0 Å². The van der Waals surface area contributed by atoms with E-state index < -0.39 is 15.9 Å². The summed E-state index contributed by atoms with van der Waals surface area (Å²) in [6.07, 6.45) is 0. The molecule has 0 aromatic heterocycles. The topological polar surface area (TPSA) is 84.9 Å². The number of halogens is 1. The Morgan fingerprint density at radius 2 is 1.66 bits per heavy atom. The van der Waals surface area contributed by atoms with Crippen molar-refractivity contribution in [3.05, 3.63) is 88.9 Å². The number of amides is 1. The van der Waals surface area contributed by atoms with Crippen molar-refractivity contribution >= 4 is 27.5 Å². The average Bonchev–Trinajstić information content (AvgIpc) is 3.26. The number of rotatable bonds is 8. The summed E-state index contributed by atoms with van der Waals surface area (Å²) in [5, 5.41) is 3.21. The molecule has 0 aliphatic carbocycles. The highest BCUT2D eigenvalue weighted by Crippen LogP contribution is 2.32. The maximum Gasteiger partial charge on any atom is 0.243 e. The normalized spacial score (nSPS) is 12.7. The van der Waals surface area contributed by atoms with E-state index in [1.807, 2.05) is 36.4 Å². The van der Waals surface area contributed by atoms with E-state index in [9.17, 15) is 13.2 Å². The minimum absolute atomic E-state index is 0.0588. The zero-order valence-corrected chi connectivity index (χ0v) is 18.6. The van der Waals surface area contributed by atoms with Crippen molar-refractivity contribution in [2.75, 3.05) is 13.3 Å². The first-order valence-electron chi connectivity index (χ1n) is 9.87. The van der Waals surface area contributed by atoms with Crippen LogP contribution in [-0.4, -0.2) is 32.0 Å². The van der Waals surface area contributed by atoms with Gasteiger partial charge in [-0.15, -0.1) is 0 Å². The van der Waals surface area contributed by atoms with Gasteiger partial charge in [-0.1, -0.05) is 48.0 Å². The van der Waals surface area contributed by atoms with Gasteiger partial charge in [-0.05, 0) is 47.5 Å². The Labute approximate surface area is 191 Å². The van der Waals surface area contributed by atoms with Crippen LogP contribution in [0.4, 0.5) is 0 Å². The van der Waals surface area contributed by atoms with Gasteiger partial charge in [-0.25, -0.2) is 8.42 Å². The minimum Gasteiger partial charge on any atom is -0.454 e. The molecule has 4 rings (SSSR count). The van der Waals surface area contributed by atoms with Gasteiger partial charge >= 0.3 is 0 Å². The summed E-state index contributed by atoms with van der Waals surface area (Å²) in [7, 11) is -3.92. The third-order valence-electron chi connectivity index (χ3n) is 4.90. The first kappa shape index (κ1) is 22.1. The molecule has 0 bridgehead atoms. The van der Waals surface area contributed by atoms with Gasteiger partial charge in [0.25, 0.3) is 0 Å². The molecule has 0 atom stereocenters. The summed E-state index contributed by atoms with van der Waals surface area (Å²) in [6, 6.07) is 20.4. The molecule has 3 aromatic carbocycles. The molecule has 1 aliphatic heterocycles. The number of nitrogens with zero attached hydrogens (tertiary/aromatic N) is 1. The number of carbonyl (C=O) groups is 1. The molecular formula is C23H21ClN2O5S. The van der Waals surface area contributed by atoms with E-state index in [4.69, 9.17) is 21.1 Å². The second kappa shape index (κ2) is 9.60. The zero-order chi connectivity index (χ0) is 22.6. The molecule has 1 heterocycles. The van der Waals surface area contributed by atoms with Gasteiger partial charge in [0.05, 0.1) is 11.4 Å². The molecule has 32 heavy (non-hydrogen) atoms. The molecule has 0 saturated carbocycles. The smallest absolute Gasteiger partial charge is 0.243 e. The highest BCUT2D eigenvalue weighted by Gasteiger charge is 2.27. The van der Waals surface area contributed by atoms with Crippen LogP contribution in [0.5, 0.6) is 11.5 Å². The first-order valence-corrected chi connectivity index (χ1v) is 11.7. The summed E-state index contributed by atoms with van der Waals surface area (Å²) in [5.41, 5.74) is 1.59. The predicted octanol–water partition coefficient (Wildman–Crippen LogP) is 3.58. The van der Waals surface area contributed by atoms with Gasteiger partial charge in [0.15, 0.2) is 11.5 Å². The summed E-state index contributed by atoms with van der Waals surface area (Å²) in [5.74, 6) is 0.854. The molecule has 0 spiro atoms. The average molecular weight is 473 g/mol. The molecule has 0 saturated heterocycles. The Morgan fingerprint density at radius 1 is 0.938 bits per heavy atom. The van der Waals surface area contributed by atoms with Gasteiger partial charge in [0, 0.05) is 18.1 Å². The van der Waals surface area contributed by atoms with Crippen molar-refractivity contribution < 1.29 is 22.7 Å². The van der Waals surface area contributed by atoms with Gasteiger partial charge in [0.1, 0.15) is 0 Å². The molecule has 1 N–H and O–H groups in total. The van der Waals surface area contributed by atoms with Crippen LogP contribution >= 0.6 is 11.6 Å². The van der Waals surface area contributed by atoms with Crippen molar-refractivity contribution in [1.29, 1.82) is 0 Å². The van der Waals surface area contributed by atoms with Crippen LogP contribution in [0.15, 0.2) is 77.7 Å². The standard InChI is InChI=1S/C23H21ClN2O5S/c24-19-7-9-20(10-8-19)32(28,29)26(14-17-4-2-1-3-5-17)15-23(27)25-13-18-6-11-21-22(12-18)31-16-30-21/h1-12H,13-16H2,(H,25,27). The summed E-state index contributed by atoms with van der Waals surface area (Å²) in [6.45, 7) is 0.130. The lowest BCUT2D eigenvalue weighted by Crippen LogP contribution is -2.40. The van der Waals surface area contributed by atoms with Crippen LogP contribution in [0, 0.1) is 0 Å². The Hall–Kier alpha value is -3.07. The van der Waals surface area contributed by atoms with E-state index in [-0.39, 0.29) is 31.3 Å². The molecule has 1 aliphatic rings. The summed E-state index contributed by atoms with van der Waals surface area (Å²) >= 11 is 5.90. The van der Waals surface area contributed by atoms with Crippen molar-refractivity contribution in [2.45, 2.75) is 18.0 Å². The number of nitrogens with one attached hydrogen (secondary N) is 1. The Morgan fingerprint density at radius 3 is 2.41 bits per heavy atom. The lowest BCUT2D eigenvalue weighted by molar-refractivity contribution is -0.121. The molecule has 1 amide bonds. The van der Waals surface area contributed by atoms with Crippen LogP contribution < -0.4 is 14.8 Å². The van der Waals surface area contributed by atoms with Gasteiger partial charge in [0.2, 0.25) is 22.7 Å². The van der Waals surface area contributed by atoms with Crippen LogP contribution in [0.25, 0.3) is 0 Å². The van der Waals surface area contributed by atoms with Crippen LogP contribution in [-0.2, 0) is 27.9 Å². The van der Waals surface area contributed by atoms with E-state index in [1.54, 1.807) is 12.1 Å². The Kier molecular flexibility index (Phi) is 6.64. The number of sulfonamides is 1.